The van der Waals surface area contributed by atoms with E-state index in [0.29, 0.717) is 24.4 Å². The Morgan fingerprint density at radius 2 is 1.86 bits per heavy atom. The maximum absolute atomic E-state index is 12.5. The molecule has 0 aliphatic carbocycles. The second-order valence-electron chi connectivity index (χ2n) is 6.58. The van der Waals surface area contributed by atoms with E-state index in [4.69, 9.17) is 0 Å². The summed E-state index contributed by atoms with van der Waals surface area (Å²) < 4.78 is 0. The summed E-state index contributed by atoms with van der Waals surface area (Å²) in [6, 6.07) is 14.9. The first-order valence-electron chi connectivity index (χ1n) is 9.07. The van der Waals surface area contributed by atoms with Crippen LogP contribution in [0.2, 0.25) is 0 Å². The molecule has 1 heterocycles. The Morgan fingerprint density at radius 3 is 2.57 bits per heavy atom. The molecule has 7 heteroatoms. The summed E-state index contributed by atoms with van der Waals surface area (Å²) in [4.78, 5) is 40.8. The smallest absolute Gasteiger partial charge is 0.251 e. The van der Waals surface area contributed by atoms with Gasteiger partial charge in [-0.05, 0) is 29.8 Å². The minimum Gasteiger partial charge on any atom is -0.355 e. The first-order valence-corrected chi connectivity index (χ1v) is 10.1. The van der Waals surface area contributed by atoms with Gasteiger partial charge in [-0.25, -0.2) is 0 Å². The number of thioether (sulfide) groups is 1. The molecule has 146 valence electrons. The first kappa shape index (κ1) is 19.9. The summed E-state index contributed by atoms with van der Waals surface area (Å²) in [5.41, 5.74) is 2.41. The second-order valence-corrected chi connectivity index (χ2v) is 7.59. The van der Waals surface area contributed by atoms with Crippen LogP contribution in [0.4, 0.5) is 5.69 Å². The highest BCUT2D eigenvalue weighted by molar-refractivity contribution is 8.00. The minimum absolute atomic E-state index is 0.0288. The lowest BCUT2D eigenvalue weighted by Crippen LogP contribution is -2.38. The predicted molar refractivity (Wildman–Crippen MR) is 110 cm³/mol. The number of para-hydroxylation sites is 1. The lowest BCUT2D eigenvalue weighted by atomic mass is 10.1. The number of fused-ring (bicyclic) bond motifs is 1. The molecule has 0 radical (unpaired) electrons. The standard InChI is InChI=1S/C21H23N3O3S/c1-22-21(27)16-9-7-15(8-10-16)13-23(2)19(25)11-12-24-17-5-3-4-6-18(17)28-14-20(24)26/h3-10H,11-14H2,1-2H3,(H,22,27). The van der Waals surface area contributed by atoms with Gasteiger partial charge in [0.15, 0.2) is 0 Å². The van der Waals surface area contributed by atoms with Crippen molar-refractivity contribution < 1.29 is 14.4 Å². The van der Waals surface area contributed by atoms with E-state index in [-0.39, 0.29) is 24.1 Å². The van der Waals surface area contributed by atoms with E-state index in [2.05, 4.69) is 5.32 Å². The molecule has 0 saturated heterocycles. The molecule has 1 aliphatic heterocycles. The Kier molecular flexibility index (Phi) is 6.36. The third-order valence-electron chi connectivity index (χ3n) is 4.65. The van der Waals surface area contributed by atoms with E-state index < -0.39 is 0 Å². The molecule has 6 nitrogen and oxygen atoms in total. The molecule has 0 aromatic heterocycles. The highest BCUT2D eigenvalue weighted by Gasteiger charge is 2.25. The molecule has 1 N–H and O–H groups in total. The molecule has 0 fully saturated rings. The van der Waals surface area contributed by atoms with Crippen molar-refractivity contribution in [3.05, 3.63) is 59.7 Å². The van der Waals surface area contributed by atoms with Crippen LogP contribution in [0.3, 0.4) is 0 Å². The molecular weight excluding hydrogens is 374 g/mol. The SMILES string of the molecule is CNC(=O)c1ccc(CN(C)C(=O)CCN2C(=O)CSc3ccccc32)cc1. The molecule has 1 aliphatic rings. The molecule has 28 heavy (non-hydrogen) atoms. The van der Waals surface area contributed by atoms with Crippen molar-refractivity contribution in [2.45, 2.75) is 17.9 Å². The Balaban J connectivity index is 1.57. The Bertz CT molecular complexity index is 883. The van der Waals surface area contributed by atoms with Gasteiger partial charge in [-0.2, -0.15) is 0 Å². The van der Waals surface area contributed by atoms with Crippen LogP contribution >= 0.6 is 11.8 Å². The summed E-state index contributed by atoms with van der Waals surface area (Å²) in [7, 11) is 3.34. The maximum Gasteiger partial charge on any atom is 0.251 e. The van der Waals surface area contributed by atoms with Crippen molar-refractivity contribution in [3.8, 4) is 0 Å². The van der Waals surface area contributed by atoms with E-state index in [1.807, 2.05) is 36.4 Å². The zero-order chi connectivity index (χ0) is 20.1. The highest BCUT2D eigenvalue weighted by Crippen LogP contribution is 2.34. The van der Waals surface area contributed by atoms with E-state index in [1.165, 1.54) is 11.8 Å². The van der Waals surface area contributed by atoms with E-state index in [9.17, 15) is 14.4 Å². The maximum atomic E-state index is 12.5. The summed E-state index contributed by atoms with van der Waals surface area (Å²) in [5, 5.41) is 2.58. The molecule has 3 amide bonds. The molecule has 3 rings (SSSR count). The van der Waals surface area contributed by atoms with Gasteiger partial charge in [0.25, 0.3) is 5.91 Å². The summed E-state index contributed by atoms with van der Waals surface area (Å²) in [6.45, 7) is 0.822. The fourth-order valence-corrected chi connectivity index (χ4v) is 4.00. The molecule has 0 unspecified atom stereocenters. The topological polar surface area (TPSA) is 69.7 Å². The van der Waals surface area contributed by atoms with Crippen LogP contribution < -0.4 is 10.2 Å². The van der Waals surface area contributed by atoms with Gasteiger partial charge in [0.1, 0.15) is 0 Å². The molecular formula is C21H23N3O3S. The van der Waals surface area contributed by atoms with Crippen LogP contribution in [0.5, 0.6) is 0 Å². The van der Waals surface area contributed by atoms with Gasteiger partial charge >= 0.3 is 0 Å². The molecule has 2 aromatic rings. The molecule has 0 spiro atoms. The van der Waals surface area contributed by atoms with Crippen LogP contribution in [-0.2, 0) is 16.1 Å². The zero-order valence-electron chi connectivity index (χ0n) is 16.0. The number of carbonyl (C=O) groups is 3. The Labute approximate surface area is 168 Å². The van der Waals surface area contributed by atoms with Crippen LogP contribution in [0.25, 0.3) is 0 Å². The fourth-order valence-electron chi connectivity index (χ4n) is 3.07. The summed E-state index contributed by atoms with van der Waals surface area (Å²) >= 11 is 1.53. The van der Waals surface area contributed by atoms with Gasteiger partial charge in [0, 0.05) is 44.1 Å². The number of carbonyl (C=O) groups excluding carboxylic acids is 3. The number of hydrogen-bond acceptors (Lipinski definition) is 4. The van der Waals surface area contributed by atoms with Crippen LogP contribution in [0, 0.1) is 0 Å². The van der Waals surface area contributed by atoms with Gasteiger partial charge < -0.3 is 15.1 Å². The largest absolute Gasteiger partial charge is 0.355 e. The second kappa shape index (κ2) is 8.93. The van der Waals surface area contributed by atoms with Crippen molar-refractivity contribution in [2.24, 2.45) is 0 Å². The number of rotatable bonds is 6. The monoisotopic (exact) mass is 397 g/mol. The number of nitrogens with zero attached hydrogens (tertiary/aromatic N) is 2. The Hall–Kier alpha value is -2.80. The first-order chi connectivity index (χ1) is 13.5. The van der Waals surface area contributed by atoms with Gasteiger partial charge in [0.05, 0.1) is 11.4 Å². The Morgan fingerprint density at radius 1 is 1.14 bits per heavy atom. The minimum atomic E-state index is -0.138. The zero-order valence-corrected chi connectivity index (χ0v) is 16.8. The summed E-state index contributed by atoms with van der Waals surface area (Å²) in [5.74, 6) is 0.266. The van der Waals surface area contributed by atoms with Crippen molar-refractivity contribution in [3.63, 3.8) is 0 Å². The third kappa shape index (κ3) is 4.54. The molecule has 0 saturated carbocycles. The van der Waals surface area contributed by atoms with Gasteiger partial charge in [-0.3, -0.25) is 14.4 Å². The van der Waals surface area contributed by atoms with Crippen LogP contribution in [-0.4, -0.2) is 49.0 Å². The molecule has 0 atom stereocenters. The summed E-state index contributed by atoms with van der Waals surface area (Å²) in [6.07, 6.45) is 0.261. The number of amides is 3. The lowest BCUT2D eigenvalue weighted by molar-refractivity contribution is -0.130. The molecule has 0 bridgehead atoms. The van der Waals surface area contributed by atoms with E-state index in [0.717, 1.165) is 16.1 Å². The van der Waals surface area contributed by atoms with Crippen LogP contribution in [0.1, 0.15) is 22.3 Å². The number of hydrogen-bond donors (Lipinski definition) is 1. The number of benzene rings is 2. The predicted octanol–water partition coefficient (Wildman–Crippen LogP) is 2.53. The third-order valence-corrected chi connectivity index (χ3v) is 5.69. The van der Waals surface area contributed by atoms with E-state index >= 15 is 0 Å². The fraction of sp³-hybridized carbons (Fsp3) is 0.286. The van der Waals surface area contributed by atoms with Crippen molar-refractivity contribution in [1.82, 2.24) is 10.2 Å². The highest BCUT2D eigenvalue weighted by atomic mass is 32.2. The quantitative estimate of drug-likeness (QED) is 0.813. The van der Waals surface area contributed by atoms with Crippen molar-refractivity contribution >= 4 is 35.2 Å². The van der Waals surface area contributed by atoms with Gasteiger partial charge in [-0.1, -0.05) is 24.3 Å². The average molecular weight is 398 g/mol. The number of anilines is 1. The molecule has 2 aromatic carbocycles. The van der Waals surface area contributed by atoms with Gasteiger partial charge in [-0.15, -0.1) is 11.8 Å². The van der Waals surface area contributed by atoms with Crippen molar-refractivity contribution in [1.29, 1.82) is 0 Å². The van der Waals surface area contributed by atoms with Crippen LogP contribution in [0.15, 0.2) is 53.4 Å². The van der Waals surface area contributed by atoms with Gasteiger partial charge in [0.2, 0.25) is 11.8 Å². The lowest BCUT2D eigenvalue weighted by Gasteiger charge is -2.29. The van der Waals surface area contributed by atoms with Crippen molar-refractivity contribution in [2.75, 3.05) is 31.3 Å². The average Bonchev–Trinajstić information content (AvgIpc) is 2.72. The normalized spacial score (nSPS) is 13.1. The number of nitrogens with one attached hydrogen (secondary N) is 1. The van der Waals surface area contributed by atoms with E-state index in [1.54, 1.807) is 36.0 Å².